The lowest BCUT2D eigenvalue weighted by molar-refractivity contribution is 0.953. The highest BCUT2D eigenvalue weighted by atomic mass is 15.2. The number of benzene rings is 9. The molecule has 12 aromatic rings. The summed E-state index contributed by atoms with van der Waals surface area (Å²) in [6, 6.07) is 66.7. The molecule has 0 unspecified atom stereocenters. The summed E-state index contributed by atoms with van der Waals surface area (Å²) in [7, 11) is 0. The minimum Gasteiger partial charge on any atom is -0.309 e. The molecule has 3 heterocycles. The number of aromatic nitrogens is 5. The van der Waals surface area contributed by atoms with Gasteiger partial charge in [-0.05, 0) is 63.5 Å². The van der Waals surface area contributed by atoms with Gasteiger partial charge in [-0.1, -0.05) is 152 Å². The molecule has 0 saturated carbocycles. The summed E-state index contributed by atoms with van der Waals surface area (Å²) in [6.07, 6.45) is 0. The van der Waals surface area contributed by atoms with Gasteiger partial charge in [0.05, 0.1) is 22.1 Å². The number of hydrogen-bond acceptors (Lipinski definition) is 3. The first-order valence-corrected chi connectivity index (χ1v) is 19.0. The predicted octanol–water partition coefficient (Wildman–Crippen LogP) is 12.8. The Morgan fingerprint density at radius 1 is 0.321 bits per heavy atom. The van der Waals surface area contributed by atoms with E-state index in [2.05, 4.69) is 137 Å². The average Bonchev–Trinajstić information content (AvgIpc) is 3.80. The number of para-hydroxylation sites is 2. The third-order valence-electron chi connectivity index (χ3n) is 11.3. The van der Waals surface area contributed by atoms with E-state index in [4.69, 9.17) is 15.0 Å². The zero-order valence-corrected chi connectivity index (χ0v) is 30.1. The van der Waals surface area contributed by atoms with Crippen molar-refractivity contribution in [1.82, 2.24) is 24.1 Å². The lowest BCUT2D eigenvalue weighted by atomic mass is 9.91. The van der Waals surface area contributed by atoms with Crippen molar-refractivity contribution in [2.75, 3.05) is 0 Å². The van der Waals surface area contributed by atoms with Crippen LogP contribution in [0.1, 0.15) is 0 Å². The Morgan fingerprint density at radius 2 is 0.875 bits per heavy atom. The molecular weight excluding hydrogens is 683 g/mol. The van der Waals surface area contributed by atoms with Gasteiger partial charge in [-0.25, -0.2) is 4.98 Å². The van der Waals surface area contributed by atoms with Crippen molar-refractivity contribution in [2.45, 2.75) is 0 Å². The summed E-state index contributed by atoms with van der Waals surface area (Å²) in [4.78, 5) is 15.3. The van der Waals surface area contributed by atoms with Crippen LogP contribution in [0.5, 0.6) is 0 Å². The molecule has 0 aliphatic heterocycles. The molecule has 0 N–H and O–H groups in total. The molecule has 0 amide bonds. The predicted molar refractivity (Wildman–Crippen MR) is 231 cm³/mol. The Hall–Kier alpha value is -7.63. The van der Waals surface area contributed by atoms with Gasteiger partial charge in [0.1, 0.15) is 0 Å². The topological polar surface area (TPSA) is 48.5 Å². The van der Waals surface area contributed by atoms with E-state index >= 15 is 0 Å². The summed E-state index contributed by atoms with van der Waals surface area (Å²) in [5, 5.41) is 9.99. The highest BCUT2D eigenvalue weighted by Crippen LogP contribution is 2.47. The number of fused-ring (bicyclic) bond motifs is 6. The van der Waals surface area contributed by atoms with E-state index in [9.17, 15) is 0 Å². The molecule has 260 valence electrons. The van der Waals surface area contributed by atoms with Gasteiger partial charge in [0.25, 0.3) is 0 Å². The molecule has 56 heavy (non-hydrogen) atoms. The molecule has 0 radical (unpaired) electrons. The zero-order chi connectivity index (χ0) is 36.7. The standard InChI is InChI=1S/C51H31N5/c1-4-15-32(16-5-1)49-52-50(33-17-6-2-7-18-33)54-51(53-49)56-43-25-13-12-23-39(43)42-31-34(27-30-44(42)56)36-28-29-41-38-22-11-10-21-37(38)40-24-14-26-45-46(40)47(41)48(36)55(45)35-19-8-3-9-20-35/h1-31H. The van der Waals surface area contributed by atoms with Crippen LogP contribution in [0.4, 0.5) is 0 Å². The highest BCUT2D eigenvalue weighted by molar-refractivity contribution is 6.36. The molecule has 0 atom stereocenters. The molecule has 9 aromatic carbocycles. The molecule has 0 aliphatic carbocycles. The van der Waals surface area contributed by atoms with E-state index in [1.54, 1.807) is 0 Å². The molecular formula is C51H31N5. The fourth-order valence-corrected chi connectivity index (χ4v) is 8.92. The first kappa shape index (κ1) is 30.8. The van der Waals surface area contributed by atoms with Crippen LogP contribution in [-0.4, -0.2) is 24.1 Å². The Balaban J connectivity index is 1.15. The second-order valence-electron chi connectivity index (χ2n) is 14.4. The van der Waals surface area contributed by atoms with E-state index < -0.39 is 0 Å². The van der Waals surface area contributed by atoms with Crippen LogP contribution < -0.4 is 0 Å². The minimum atomic E-state index is 0.584. The molecule has 3 aromatic heterocycles. The SMILES string of the molecule is c1ccc(-c2nc(-c3ccccc3)nc(-n3c4ccccc4c4cc(-c5ccc6c7ccccc7c7cccc8c7c6c5n8-c5ccccc5)ccc43)n2)cc1. The van der Waals surface area contributed by atoms with E-state index in [-0.39, 0.29) is 0 Å². The van der Waals surface area contributed by atoms with Crippen LogP contribution in [0.3, 0.4) is 0 Å². The molecule has 0 bridgehead atoms. The quantitative estimate of drug-likeness (QED) is 0.167. The molecule has 5 nitrogen and oxygen atoms in total. The van der Waals surface area contributed by atoms with E-state index in [1.807, 2.05) is 60.7 Å². The number of nitrogens with zero attached hydrogens (tertiary/aromatic N) is 5. The van der Waals surface area contributed by atoms with Crippen LogP contribution in [-0.2, 0) is 0 Å². The second-order valence-corrected chi connectivity index (χ2v) is 14.4. The summed E-state index contributed by atoms with van der Waals surface area (Å²) in [5.41, 5.74) is 9.86. The van der Waals surface area contributed by atoms with Gasteiger partial charge < -0.3 is 4.57 Å². The zero-order valence-electron chi connectivity index (χ0n) is 30.1. The third-order valence-corrected chi connectivity index (χ3v) is 11.3. The van der Waals surface area contributed by atoms with Gasteiger partial charge >= 0.3 is 0 Å². The van der Waals surface area contributed by atoms with Crippen LogP contribution in [0.2, 0.25) is 0 Å². The second kappa shape index (κ2) is 11.9. The van der Waals surface area contributed by atoms with Crippen molar-refractivity contribution in [1.29, 1.82) is 0 Å². The monoisotopic (exact) mass is 713 g/mol. The van der Waals surface area contributed by atoms with Crippen molar-refractivity contribution in [3.63, 3.8) is 0 Å². The molecule has 0 fully saturated rings. The van der Waals surface area contributed by atoms with E-state index in [0.29, 0.717) is 17.6 Å². The van der Waals surface area contributed by atoms with E-state index in [0.717, 1.165) is 44.2 Å². The first-order chi connectivity index (χ1) is 27.8. The lowest BCUT2D eigenvalue weighted by Crippen LogP contribution is -2.06. The van der Waals surface area contributed by atoms with Crippen molar-refractivity contribution in [3.8, 4) is 45.5 Å². The van der Waals surface area contributed by atoms with Crippen molar-refractivity contribution in [3.05, 3.63) is 188 Å². The Kier molecular flexibility index (Phi) is 6.56. The number of hydrogen-bond donors (Lipinski definition) is 0. The maximum absolute atomic E-state index is 5.14. The molecule has 0 aliphatic rings. The maximum atomic E-state index is 5.14. The van der Waals surface area contributed by atoms with Gasteiger partial charge in [-0.15, -0.1) is 0 Å². The summed E-state index contributed by atoms with van der Waals surface area (Å²) in [5.74, 6) is 1.85. The van der Waals surface area contributed by atoms with Gasteiger partial charge in [-0.2, -0.15) is 9.97 Å². The summed E-state index contributed by atoms with van der Waals surface area (Å²) < 4.78 is 4.66. The first-order valence-electron chi connectivity index (χ1n) is 19.0. The van der Waals surface area contributed by atoms with Gasteiger partial charge in [0, 0.05) is 43.9 Å². The third kappa shape index (κ3) is 4.46. The average molecular weight is 714 g/mol. The van der Waals surface area contributed by atoms with E-state index in [1.165, 1.54) is 48.9 Å². The molecule has 12 rings (SSSR count). The fourth-order valence-electron chi connectivity index (χ4n) is 8.92. The Labute approximate surface area is 321 Å². The van der Waals surface area contributed by atoms with Crippen molar-refractivity contribution < 1.29 is 0 Å². The van der Waals surface area contributed by atoms with Crippen molar-refractivity contribution >= 4 is 65.2 Å². The molecule has 0 saturated heterocycles. The maximum Gasteiger partial charge on any atom is 0.238 e. The number of rotatable bonds is 5. The molecule has 5 heteroatoms. The largest absolute Gasteiger partial charge is 0.309 e. The van der Waals surface area contributed by atoms with Crippen LogP contribution in [0, 0.1) is 0 Å². The summed E-state index contributed by atoms with van der Waals surface area (Å²) in [6.45, 7) is 0. The minimum absolute atomic E-state index is 0.584. The van der Waals surface area contributed by atoms with Gasteiger partial charge in [0.2, 0.25) is 5.95 Å². The molecule has 0 spiro atoms. The smallest absolute Gasteiger partial charge is 0.238 e. The van der Waals surface area contributed by atoms with Crippen LogP contribution >= 0.6 is 0 Å². The summed E-state index contributed by atoms with van der Waals surface area (Å²) >= 11 is 0. The van der Waals surface area contributed by atoms with Crippen LogP contribution in [0.15, 0.2) is 188 Å². The van der Waals surface area contributed by atoms with Crippen LogP contribution in [0.25, 0.3) is 111 Å². The fraction of sp³-hybridized carbons (Fsp3) is 0. The highest BCUT2D eigenvalue weighted by Gasteiger charge is 2.24. The normalized spacial score (nSPS) is 11.9. The van der Waals surface area contributed by atoms with Gasteiger partial charge in [0.15, 0.2) is 11.6 Å². The van der Waals surface area contributed by atoms with Crippen molar-refractivity contribution in [2.24, 2.45) is 0 Å². The van der Waals surface area contributed by atoms with Gasteiger partial charge in [-0.3, -0.25) is 4.57 Å². The Bertz CT molecular complexity index is 3400. The Morgan fingerprint density at radius 3 is 1.57 bits per heavy atom. The lowest BCUT2D eigenvalue weighted by Gasteiger charge is -2.14.